The van der Waals surface area contributed by atoms with Crippen LogP contribution in [0.5, 0.6) is 0 Å². The molecule has 0 aliphatic heterocycles. The van der Waals surface area contributed by atoms with Gasteiger partial charge < -0.3 is 5.73 Å². The van der Waals surface area contributed by atoms with E-state index >= 15 is 0 Å². The molecule has 0 aliphatic rings. The van der Waals surface area contributed by atoms with Crippen molar-refractivity contribution in [1.29, 1.82) is 0 Å². The monoisotopic (exact) mass is 270 g/mol. The van der Waals surface area contributed by atoms with Crippen LogP contribution in [0.15, 0.2) is 24.5 Å². The fraction of sp³-hybridized carbons (Fsp3) is 0.200. The second-order valence-corrected chi connectivity index (χ2v) is 4.94. The molecule has 0 fully saturated rings. The molecule has 2 heterocycles. The van der Waals surface area contributed by atoms with E-state index in [0.29, 0.717) is 11.4 Å². The minimum atomic E-state index is -0.214. The van der Waals surface area contributed by atoms with Gasteiger partial charge in [0.25, 0.3) is 0 Å². The minimum Gasteiger partial charge on any atom is -0.383 e. The molecule has 0 saturated heterocycles. The third kappa shape index (κ3) is 1.66. The zero-order valence-electron chi connectivity index (χ0n) is 11.6. The molecule has 0 saturated carbocycles. The predicted molar refractivity (Wildman–Crippen MR) is 77.4 cm³/mol. The Morgan fingerprint density at radius 3 is 2.60 bits per heavy atom. The molecule has 0 unspecified atom stereocenters. The quantitative estimate of drug-likeness (QED) is 0.739. The van der Waals surface area contributed by atoms with Crippen LogP contribution in [0.4, 0.5) is 10.2 Å². The Balaban J connectivity index is 2.39. The van der Waals surface area contributed by atoms with E-state index in [9.17, 15) is 4.39 Å². The van der Waals surface area contributed by atoms with Crippen molar-refractivity contribution < 1.29 is 4.39 Å². The third-order valence-corrected chi connectivity index (χ3v) is 3.72. The van der Waals surface area contributed by atoms with Crippen LogP contribution in [0.2, 0.25) is 0 Å². The van der Waals surface area contributed by atoms with Crippen molar-refractivity contribution >= 4 is 16.9 Å². The molecule has 20 heavy (non-hydrogen) atoms. The number of aryl methyl sites for hydroxylation is 2. The number of fused-ring (bicyclic) bond motifs is 1. The summed E-state index contributed by atoms with van der Waals surface area (Å²) in [7, 11) is 0. The maximum atomic E-state index is 13.4. The number of nitrogens with zero attached hydrogens (tertiary/aromatic N) is 3. The summed E-state index contributed by atoms with van der Waals surface area (Å²) in [6, 6.07) is 5.02. The average molecular weight is 270 g/mol. The number of nitrogens with two attached hydrogens (primary N) is 1. The van der Waals surface area contributed by atoms with E-state index in [-0.39, 0.29) is 5.82 Å². The summed E-state index contributed by atoms with van der Waals surface area (Å²) in [6.45, 7) is 5.73. The number of anilines is 1. The lowest BCUT2D eigenvalue weighted by Crippen LogP contribution is -2.00. The van der Waals surface area contributed by atoms with Gasteiger partial charge in [0, 0.05) is 11.4 Å². The van der Waals surface area contributed by atoms with Crippen molar-refractivity contribution in [3.8, 4) is 5.69 Å². The van der Waals surface area contributed by atoms with Gasteiger partial charge in [-0.3, -0.25) is 4.57 Å². The number of nitrogen functional groups attached to an aromatic ring is 1. The van der Waals surface area contributed by atoms with Gasteiger partial charge >= 0.3 is 0 Å². The number of hydrogen-bond donors (Lipinski definition) is 1. The molecule has 3 aromatic rings. The van der Waals surface area contributed by atoms with Gasteiger partial charge in [-0.05, 0) is 50.1 Å². The molecule has 1 aromatic carbocycles. The number of rotatable bonds is 1. The molecular formula is C15H15FN4. The summed E-state index contributed by atoms with van der Waals surface area (Å²) in [5.74, 6) is 0.252. The summed E-state index contributed by atoms with van der Waals surface area (Å²) < 4.78 is 15.4. The number of aromatic nitrogens is 3. The molecule has 0 aliphatic carbocycles. The van der Waals surface area contributed by atoms with Gasteiger partial charge in [0.2, 0.25) is 0 Å². The lowest BCUT2D eigenvalue weighted by atomic mass is 10.2. The lowest BCUT2D eigenvalue weighted by Gasteiger charge is -2.09. The van der Waals surface area contributed by atoms with Crippen LogP contribution in [0.3, 0.4) is 0 Å². The second-order valence-electron chi connectivity index (χ2n) is 4.94. The first-order valence-electron chi connectivity index (χ1n) is 6.35. The fourth-order valence-electron chi connectivity index (χ4n) is 2.51. The minimum absolute atomic E-state index is 0.214. The Labute approximate surface area is 116 Å². The van der Waals surface area contributed by atoms with E-state index in [4.69, 9.17) is 5.73 Å². The van der Waals surface area contributed by atoms with Crippen LogP contribution < -0.4 is 5.73 Å². The van der Waals surface area contributed by atoms with E-state index in [1.54, 1.807) is 19.1 Å². The standard InChI is InChI=1S/C15H15FN4/c1-8-6-11(4-5-12(8)16)20-10(3)9(2)13-14(17)18-7-19-15(13)20/h4-7H,1-3H3,(H2,17,18,19). The molecule has 0 atom stereocenters. The maximum Gasteiger partial charge on any atom is 0.150 e. The van der Waals surface area contributed by atoms with E-state index < -0.39 is 0 Å². The number of benzene rings is 1. The first kappa shape index (κ1) is 12.6. The molecule has 3 rings (SSSR count). The third-order valence-electron chi connectivity index (χ3n) is 3.72. The van der Waals surface area contributed by atoms with Crippen LogP contribution in [0.1, 0.15) is 16.8 Å². The average Bonchev–Trinajstić information content (AvgIpc) is 2.67. The number of hydrogen-bond acceptors (Lipinski definition) is 3. The maximum absolute atomic E-state index is 13.4. The Kier molecular flexibility index (Phi) is 2.71. The van der Waals surface area contributed by atoms with E-state index in [0.717, 1.165) is 28.0 Å². The van der Waals surface area contributed by atoms with Crippen molar-refractivity contribution in [3.63, 3.8) is 0 Å². The summed E-state index contributed by atoms with van der Waals surface area (Å²) in [6.07, 6.45) is 1.45. The van der Waals surface area contributed by atoms with Crippen molar-refractivity contribution in [2.75, 3.05) is 5.73 Å². The van der Waals surface area contributed by atoms with Crippen LogP contribution in [-0.4, -0.2) is 14.5 Å². The molecule has 2 N–H and O–H groups in total. The topological polar surface area (TPSA) is 56.7 Å². The highest BCUT2D eigenvalue weighted by Gasteiger charge is 2.16. The summed E-state index contributed by atoms with van der Waals surface area (Å²) in [5, 5.41) is 0.854. The Morgan fingerprint density at radius 2 is 1.90 bits per heavy atom. The second kappa shape index (κ2) is 4.30. The fourth-order valence-corrected chi connectivity index (χ4v) is 2.51. The van der Waals surface area contributed by atoms with Crippen LogP contribution >= 0.6 is 0 Å². The smallest absolute Gasteiger partial charge is 0.150 e. The normalized spacial score (nSPS) is 11.2. The highest BCUT2D eigenvalue weighted by molar-refractivity contribution is 5.92. The molecular weight excluding hydrogens is 255 g/mol. The van der Waals surface area contributed by atoms with Crippen LogP contribution in [0.25, 0.3) is 16.7 Å². The molecule has 0 spiro atoms. The van der Waals surface area contributed by atoms with Crippen molar-refractivity contribution in [3.05, 3.63) is 47.2 Å². The Hall–Kier alpha value is -2.43. The van der Waals surface area contributed by atoms with Crippen LogP contribution in [0, 0.1) is 26.6 Å². The molecule has 102 valence electrons. The molecule has 4 nitrogen and oxygen atoms in total. The van der Waals surface area contributed by atoms with Gasteiger partial charge in [0.05, 0.1) is 5.39 Å². The van der Waals surface area contributed by atoms with Crippen molar-refractivity contribution in [1.82, 2.24) is 14.5 Å². The Morgan fingerprint density at radius 1 is 1.15 bits per heavy atom. The summed E-state index contributed by atoms with van der Waals surface area (Å²) >= 11 is 0. The van der Waals surface area contributed by atoms with E-state index in [2.05, 4.69) is 9.97 Å². The summed E-state index contributed by atoms with van der Waals surface area (Å²) in [5.41, 5.74) is 10.2. The zero-order valence-corrected chi connectivity index (χ0v) is 11.6. The van der Waals surface area contributed by atoms with E-state index in [1.807, 2.05) is 18.4 Å². The highest BCUT2D eigenvalue weighted by Crippen LogP contribution is 2.30. The van der Waals surface area contributed by atoms with Crippen molar-refractivity contribution in [2.24, 2.45) is 0 Å². The van der Waals surface area contributed by atoms with Gasteiger partial charge in [0.1, 0.15) is 18.0 Å². The Bertz CT molecular complexity index is 820. The van der Waals surface area contributed by atoms with Gasteiger partial charge in [-0.25, -0.2) is 14.4 Å². The number of halogens is 1. The lowest BCUT2D eigenvalue weighted by molar-refractivity contribution is 0.618. The van der Waals surface area contributed by atoms with Gasteiger partial charge in [0.15, 0.2) is 5.65 Å². The highest BCUT2D eigenvalue weighted by atomic mass is 19.1. The SMILES string of the molecule is Cc1cc(-n2c(C)c(C)c3c(N)ncnc32)ccc1F. The summed E-state index contributed by atoms with van der Waals surface area (Å²) in [4.78, 5) is 8.37. The largest absolute Gasteiger partial charge is 0.383 e. The van der Waals surface area contributed by atoms with Gasteiger partial charge in [-0.15, -0.1) is 0 Å². The van der Waals surface area contributed by atoms with Gasteiger partial charge in [-0.2, -0.15) is 0 Å². The molecule has 0 bridgehead atoms. The first-order chi connectivity index (χ1) is 9.50. The van der Waals surface area contributed by atoms with Crippen LogP contribution in [-0.2, 0) is 0 Å². The van der Waals surface area contributed by atoms with Gasteiger partial charge in [-0.1, -0.05) is 0 Å². The predicted octanol–water partition coefficient (Wildman–Crippen LogP) is 3.07. The first-order valence-corrected chi connectivity index (χ1v) is 6.35. The molecule has 5 heteroatoms. The molecule has 0 radical (unpaired) electrons. The van der Waals surface area contributed by atoms with Crippen molar-refractivity contribution in [2.45, 2.75) is 20.8 Å². The van der Waals surface area contributed by atoms with E-state index in [1.165, 1.54) is 12.4 Å². The molecule has 2 aromatic heterocycles. The molecule has 0 amide bonds. The zero-order chi connectivity index (χ0) is 14.4.